The molecule has 1 spiro atoms. The van der Waals surface area contributed by atoms with E-state index < -0.39 is 0 Å². The van der Waals surface area contributed by atoms with Crippen LogP contribution in [0.2, 0.25) is 0 Å². The summed E-state index contributed by atoms with van der Waals surface area (Å²) in [6.45, 7) is 1.87. The first-order valence-corrected chi connectivity index (χ1v) is 9.28. The Balaban J connectivity index is 1.26. The summed E-state index contributed by atoms with van der Waals surface area (Å²) in [4.78, 5) is 22.1. The molecule has 1 aromatic carbocycles. The van der Waals surface area contributed by atoms with Crippen LogP contribution in [0.5, 0.6) is 5.75 Å². The van der Waals surface area contributed by atoms with Gasteiger partial charge in [0.15, 0.2) is 0 Å². The number of benzene rings is 1. The lowest BCUT2D eigenvalue weighted by Gasteiger charge is -2.23. The Labute approximate surface area is 157 Å². The number of amides is 1. The molecule has 0 radical (unpaired) electrons. The molecular weight excluding hydrogens is 342 g/mol. The first-order chi connectivity index (χ1) is 13.2. The third-order valence-corrected chi connectivity index (χ3v) is 5.52. The molecule has 5 rings (SSSR count). The predicted molar refractivity (Wildman–Crippen MR) is 101 cm³/mol. The van der Waals surface area contributed by atoms with Gasteiger partial charge in [0.25, 0.3) is 5.91 Å². The summed E-state index contributed by atoms with van der Waals surface area (Å²) >= 11 is 0. The highest BCUT2D eigenvalue weighted by Crippen LogP contribution is 2.37. The Morgan fingerprint density at radius 2 is 2.30 bits per heavy atom. The summed E-state index contributed by atoms with van der Waals surface area (Å²) in [5, 5.41) is 1.11. The van der Waals surface area contributed by atoms with Gasteiger partial charge in [-0.3, -0.25) is 9.78 Å². The van der Waals surface area contributed by atoms with Crippen molar-refractivity contribution in [2.75, 3.05) is 19.7 Å². The number of hydrogen-bond acceptors (Lipinski definition) is 4. The number of ether oxygens (including phenoxy) is 2. The van der Waals surface area contributed by atoms with Gasteiger partial charge in [-0.1, -0.05) is 6.07 Å². The molecule has 2 aromatic heterocycles. The fourth-order valence-electron chi connectivity index (χ4n) is 4.15. The maximum Gasteiger partial charge on any atom is 0.254 e. The number of pyridine rings is 1. The Hall–Kier alpha value is -2.86. The third-order valence-electron chi connectivity index (χ3n) is 5.52. The number of nitrogens with one attached hydrogen (secondary N) is 1. The van der Waals surface area contributed by atoms with Gasteiger partial charge in [0, 0.05) is 36.4 Å². The molecular formula is C21H21N3O3. The second kappa shape index (κ2) is 6.39. The number of H-pyrrole nitrogens is 1. The number of rotatable bonds is 3. The summed E-state index contributed by atoms with van der Waals surface area (Å²) in [5.41, 5.74) is 1.40. The van der Waals surface area contributed by atoms with Gasteiger partial charge in [-0.15, -0.1) is 0 Å². The van der Waals surface area contributed by atoms with Crippen LogP contribution in [0.3, 0.4) is 0 Å². The SMILES string of the molecule is O=C(c1ccc2cc[nH]c2c1)N1CCC2(CC(Oc3cccnc3)CO2)C1. The average Bonchev–Trinajstić information content (AvgIpc) is 3.42. The standard InChI is InChI=1S/C21H21N3O3/c25-20(16-4-3-15-5-8-23-19(15)10-16)24-9-6-21(14-24)11-18(13-26-21)27-17-2-1-7-22-12-17/h1-5,7-8,10,12,18,23H,6,9,11,13-14H2. The summed E-state index contributed by atoms with van der Waals surface area (Å²) in [7, 11) is 0. The van der Waals surface area contributed by atoms with Crippen LogP contribution in [0.1, 0.15) is 23.2 Å². The molecule has 2 aliphatic heterocycles. The van der Waals surface area contributed by atoms with Gasteiger partial charge < -0.3 is 19.4 Å². The molecule has 2 aliphatic rings. The van der Waals surface area contributed by atoms with E-state index in [1.807, 2.05) is 47.5 Å². The third kappa shape index (κ3) is 3.06. The molecule has 6 heteroatoms. The van der Waals surface area contributed by atoms with E-state index >= 15 is 0 Å². The van der Waals surface area contributed by atoms with Crippen molar-refractivity contribution in [3.63, 3.8) is 0 Å². The highest BCUT2D eigenvalue weighted by atomic mass is 16.6. The summed E-state index contributed by atoms with van der Waals surface area (Å²) in [5.74, 6) is 0.817. The van der Waals surface area contributed by atoms with Gasteiger partial charge >= 0.3 is 0 Å². The van der Waals surface area contributed by atoms with Gasteiger partial charge in [-0.05, 0) is 42.1 Å². The zero-order valence-corrected chi connectivity index (χ0v) is 14.9. The van der Waals surface area contributed by atoms with E-state index in [2.05, 4.69) is 9.97 Å². The Morgan fingerprint density at radius 3 is 3.19 bits per heavy atom. The number of aromatic nitrogens is 2. The van der Waals surface area contributed by atoms with Crippen LogP contribution in [0.15, 0.2) is 55.0 Å². The maximum absolute atomic E-state index is 12.9. The second-order valence-corrected chi connectivity index (χ2v) is 7.38. The summed E-state index contributed by atoms with van der Waals surface area (Å²) in [6.07, 6.45) is 6.96. The number of fused-ring (bicyclic) bond motifs is 1. The fourth-order valence-corrected chi connectivity index (χ4v) is 4.15. The van der Waals surface area contributed by atoms with Crippen LogP contribution in [0, 0.1) is 0 Å². The van der Waals surface area contributed by atoms with E-state index in [-0.39, 0.29) is 17.6 Å². The normalized spacial score (nSPS) is 24.7. The number of aromatic amines is 1. The van der Waals surface area contributed by atoms with Gasteiger partial charge in [0.05, 0.1) is 24.9 Å². The van der Waals surface area contributed by atoms with Gasteiger partial charge in [-0.25, -0.2) is 0 Å². The van der Waals surface area contributed by atoms with Crippen LogP contribution < -0.4 is 4.74 Å². The first kappa shape index (κ1) is 16.3. The first-order valence-electron chi connectivity index (χ1n) is 9.28. The smallest absolute Gasteiger partial charge is 0.254 e. The molecule has 1 N–H and O–H groups in total. The van der Waals surface area contributed by atoms with Gasteiger partial charge in [0.1, 0.15) is 11.9 Å². The second-order valence-electron chi connectivity index (χ2n) is 7.38. The average molecular weight is 363 g/mol. The highest BCUT2D eigenvalue weighted by Gasteiger charge is 2.47. The molecule has 2 saturated heterocycles. The Morgan fingerprint density at radius 1 is 1.33 bits per heavy atom. The molecule has 138 valence electrons. The lowest BCUT2D eigenvalue weighted by molar-refractivity contribution is 0.00995. The van der Waals surface area contributed by atoms with Crippen LogP contribution in [-0.4, -0.2) is 52.2 Å². The number of hydrogen-bond donors (Lipinski definition) is 1. The Kier molecular flexibility index (Phi) is 3.86. The minimum Gasteiger partial charge on any atom is -0.486 e. The molecule has 0 aliphatic carbocycles. The molecule has 6 nitrogen and oxygen atoms in total. The van der Waals surface area contributed by atoms with Crippen molar-refractivity contribution in [3.05, 3.63) is 60.6 Å². The van der Waals surface area contributed by atoms with E-state index in [1.165, 1.54) is 0 Å². The van der Waals surface area contributed by atoms with E-state index in [9.17, 15) is 4.79 Å². The monoisotopic (exact) mass is 363 g/mol. The van der Waals surface area contributed by atoms with Crippen molar-refractivity contribution in [1.29, 1.82) is 0 Å². The number of carbonyl (C=O) groups is 1. The van der Waals surface area contributed by atoms with Crippen LogP contribution in [0.25, 0.3) is 10.9 Å². The number of likely N-dealkylation sites (tertiary alicyclic amines) is 1. The van der Waals surface area contributed by atoms with E-state index in [4.69, 9.17) is 9.47 Å². The zero-order valence-electron chi connectivity index (χ0n) is 14.9. The van der Waals surface area contributed by atoms with E-state index in [1.54, 1.807) is 12.4 Å². The lowest BCUT2D eigenvalue weighted by atomic mass is 9.98. The molecule has 3 aromatic rings. The molecule has 2 atom stereocenters. The fraction of sp³-hybridized carbons (Fsp3) is 0.333. The van der Waals surface area contributed by atoms with Crippen molar-refractivity contribution in [2.45, 2.75) is 24.5 Å². The number of nitrogens with zero attached hydrogens (tertiary/aromatic N) is 2. The maximum atomic E-state index is 12.9. The van der Waals surface area contributed by atoms with Crippen LogP contribution in [-0.2, 0) is 4.74 Å². The van der Waals surface area contributed by atoms with Gasteiger partial charge in [-0.2, -0.15) is 0 Å². The molecule has 0 saturated carbocycles. The molecule has 2 fully saturated rings. The quantitative estimate of drug-likeness (QED) is 0.777. The minimum atomic E-state index is -0.293. The minimum absolute atomic E-state index is 0.000444. The molecule has 0 bridgehead atoms. The van der Waals surface area contributed by atoms with Crippen LogP contribution >= 0.6 is 0 Å². The largest absolute Gasteiger partial charge is 0.486 e. The molecule has 1 amide bonds. The molecule has 4 heterocycles. The topological polar surface area (TPSA) is 67.5 Å². The molecule has 27 heavy (non-hydrogen) atoms. The summed E-state index contributed by atoms with van der Waals surface area (Å²) < 4.78 is 12.1. The number of carbonyl (C=O) groups excluding carboxylic acids is 1. The Bertz CT molecular complexity index is 971. The highest BCUT2D eigenvalue weighted by molar-refractivity contribution is 5.98. The van der Waals surface area contributed by atoms with Crippen molar-refractivity contribution >= 4 is 16.8 Å². The van der Waals surface area contributed by atoms with Crippen molar-refractivity contribution < 1.29 is 14.3 Å². The van der Waals surface area contributed by atoms with Gasteiger partial charge in [0.2, 0.25) is 0 Å². The lowest BCUT2D eigenvalue weighted by Crippen LogP contribution is -2.36. The van der Waals surface area contributed by atoms with Crippen molar-refractivity contribution in [1.82, 2.24) is 14.9 Å². The van der Waals surface area contributed by atoms with Crippen molar-refractivity contribution in [3.8, 4) is 5.75 Å². The van der Waals surface area contributed by atoms with E-state index in [0.717, 1.165) is 29.5 Å². The zero-order chi connectivity index (χ0) is 18.3. The predicted octanol–water partition coefficient (Wildman–Crippen LogP) is 3.02. The summed E-state index contributed by atoms with van der Waals surface area (Å²) in [6, 6.07) is 11.6. The van der Waals surface area contributed by atoms with Crippen molar-refractivity contribution in [2.24, 2.45) is 0 Å². The van der Waals surface area contributed by atoms with E-state index in [0.29, 0.717) is 25.3 Å². The molecule has 2 unspecified atom stereocenters. The van der Waals surface area contributed by atoms with Crippen LogP contribution in [0.4, 0.5) is 0 Å².